The Balaban J connectivity index is 4.38. The van der Waals surface area contributed by atoms with Crippen molar-refractivity contribution in [2.24, 2.45) is 5.73 Å². The van der Waals surface area contributed by atoms with E-state index in [0.29, 0.717) is 6.20 Å². The summed E-state index contributed by atoms with van der Waals surface area (Å²) in [6, 6.07) is 0. The highest BCUT2D eigenvalue weighted by atomic mass is 16.7. The maximum absolute atomic E-state index is 9.59. The zero-order chi connectivity index (χ0) is 7.44. The lowest BCUT2D eigenvalue weighted by Crippen LogP contribution is -2.10. The normalized spacial score (nSPS) is 8.00. The summed E-state index contributed by atoms with van der Waals surface area (Å²) in [7, 11) is 0. The molecular formula is C2H3N3O4. The monoisotopic (exact) mass is 133 g/mol. The highest BCUT2D eigenvalue weighted by Gasteiger charge is 2.23. The Hall–Kier alpha value is -1.66. The minimum atomic E-state index is -1.21. The van der Waals surface area contributed by atoms with E-state index < -0.39 is 15.7 Å². The summed E-state index contributed by atoms with van der Waals surface area (Å²) in [5.74, 6) is -1.21. The molecule has 0 spiro atoms. The summed E-state index contributed by atoms with van der Waals surface area (Å²) in [4.78, 5) is 16.8. The molecule has 50 valence electrons. The minimum absolute atomic E-state index is 0.333. The number of nitro groups is 2. The standard InChI is InChI=1S/C2H3N3O4/c3-1-2(4(6)7)5(8)9/h1H,3H2. The van der Waals surface area contributed by atoms with Gasteiger partial charge in [0.2, 0.25) is 0 Å². The fraction of sp³-hybridized carbons (Fsp3) is 0. The predicted molar refractivity (Wildman–Crippen MR) is 26.3 cm³/mol. The summed E-state index contributed by atoms with van der Waals surface area (Å²) in [5.41, 5.74) is 4.53. The van der Waals surface area contributed by atoms with Crippen LogP contribution in [0.15, 0.2) is 12.0 Å². The first-order chi connectivity index (χ1) is 4.09. The van der Waals surface area contributed by atoms with E-state index in [2.05, 4.69) is 5.73 Å². The van der Waals surface area contributed by atoms with Crippen molar-refractivity contribution in [2.75, 3.05) is 0 Å². The Morgan fingerprint density at radius 2 is 1.67 bits per heavy atom. The highest BCUT2D eigenvalue weighted by molar-refractivity contribution is 4.73. The Morgan fingerprint density at radius 3 is 1.67 bits per heavy atom. The average molecular weight is 133 g/mol. The summed E-state index contributed by atoms with van der Waals surface area (Å²) >= 11 is 0. The molecule has 0 fully saturated rings. The highest BCUT2D eigenvalue weighted by Crippen LogP contribution is 1.91. The van der Waals surface area contributed by atoms with E-state index >= 15 is 0 Å². The van der Waals surface area contributed by atoms with E-state index in [-0.39, 0.29) is 0 Å². The van der Waals surface area contributed by atoms with Crippen molar-refractivity contribution in [3.05, 3.63) is 32.2 Å². The quantitative estimate of drug-likeness (QED) is 0.395. The van der Waals surface area contributed by atoms with Gasteiger partial charge in [-0.1, -0.05) is 0 Å². The zero-order valence-electron chi connectivity index (χ0n) is 4.18. The summed E-state index contributed by atoms with van der Waals surface area (Å²) in [6.07, 6.45) is 0.333. The van der Waals surface area contributed by atoms with E-state index in [1.807, 2.05) is 0 Å². The van der Waals surface area contributed by atoms with E-state index in [1.165, 1.54) is 0 Å². The smallest absolute Gasteiger partial charge is 0.393 e. The van der Waals surface area contributed by atoms with Gasteiger partial charge in [0.25, 0.3) is 0 Å². The van der Waals surface area contributed by atoms with Gasteiger partial charge >= 0.3 is 5.82 Å². The fourth-order valence-corrected chi connectivity index (χ4v) is 0.188. The molecule has 0 unspecified atom stereocenters. The second kappa shape index (κ2) is 2.60. The number of rotatable bonds is 2. The largest absolute Gasteiger partial charge is 0.574 e. The minimum Gasteiger partial charge on any atom is -0.393 e. The van der Waals surface area contributed by atoms with E-state index in [0.717, 1.165) is 0 Å². The molecule has 7 heteroatoms. The molecule has 0 aliphatic rings. The van der Waals surface area contributed by atoms with E-state index in [1.54, 1.807) is 0 Å². The van der Waals surface area contributed by atoms with Gasteiger partial charge in [0, 0.05) is 0 Å². The Labute approximate surface area is 49.1 Å². The third kappa shape index (κ3) is 1.72. The molecule has 0 radical (unpaired) electrons. The van der Waals surface area contributed by atoms with Crippen LogP contribution >= 0.6 is 0 Å². The van der Waals surface area contributed by atoms with Crippen LogP contribution in [0.3, 0.4) is 0 Å². The molecule has 0 atom stereocenters. The van der Waals surface area contributed by atoms with Crippen LogP contribution in [-0.4, -0.2) is 9.85 Å². The molecular weight excluding hydrogens is 130 g/mol. The molecule has 0 aromatic heterocycles. The van der Waals surface area contributed by atoms with Gasteiger partial charge in [-0.25, -0.2) is 0 Å². The van der Waals surface area contributed by atoms with Crippen LogP contribution in [0.25, 0.3) is 0 Å². The molecule has 2 N–H and O–H groups in total. The first kappa shape index (κ1) is 7.34. The lowest BCUT2D eigenvalue weighted by atomic mass is 10.8. The molecule has 7 nitrogen and oxygen atoms in total. The van der Waals surface area contributed by atoms with Crippen LogP contribution in [0, 0.1) is 20.2 Å². The third-order valence-corrected chi connectivity index (χ3v) is 0.523. The summed E-state index contributed by atoms with van der Waals surface area (Å²) in [5, 5.41) is 19.2. The van der Waals surface area contributed by atoms with Crippen molar-refractivity contribution >= 4 is 0 Å². The number of hydrogen-bond donors (Lipinski definition) is 1. The van der Waals surface area contributed by atoms with E-state index in [9.17, 15) is 20.2 Å². The predicted octanol–water partition coefficient (Wildman–Crippen LogP) is -0.703. The van der Waals surface area contributed by atoms with Crippen molar-refractivity contribution in [3.63, 3.8) is 0 Å². The number of nitrogens with zero attached hydrogens (tertiary/aromatic N) is 2. The Bertz CT molecular complexity index is 157. The van der Waals surface area contributed by atoms with Crippen molar-refractivity contribution in [2.45, 2.75) is 0 Å². The first-order valence-corrected chi connectivity index (χ1v) is 1.80. The lowest BCUT2D eigenvalue weighted by molar-refractivity contribution is -0.616. The van der Waals surface area contributed by atoms with Gasteiger partial charge in [-0.3, -0.25) is 20.2 Å². The maximum atomic E-state index is 9.59. The molecule has 0 bridgehead atoms. The van der Waals surface area contributed by atoms with Crippen molar-refractivity contribution < 1.29 is 9.85 Å². The molecule has 0 amide bonds. The van der Waals surface area contributed by atoms with Gasteiger partial charge in [-0.05, 0) is 0 Å². The van der Waals surface area contributed by atoms with Crippen LogP contribution in [0.4, 0.5) is 0 Å². The topological polar surface area (TPSA) is 112 Å². The van der Waals surface area contributed by atoms with Gasteiger partial charge in [-0.15, -0.1) is 0 Å². The van der Waals surface area contributed by atoms with Crippen molar-refractivity contribution in [1.29, 1.82) is 0 Å². The van der Waals surface area contributed by atoms with Gasteiger partial charge in [-0.2, -0.15) is 0 Å². The van der Waals surface area contributed by atoms with Crippen LogP contribution in [0.1, 0.15) is 0 Å². The summed E-state index contributed by atoms with van der Waals surface area (Å²) in [6.45, 7) is 0. The Morgan fingerprint density at radius 1 is 1.33 bits per heavy atom. The molecule has 0 saturated carbocycles. The maximum Gasteiger partial charge on any atom is 0.574 e. The SMILES string of the molecule is NC=C([N+](=O)[O-])[N+](=O)[O-]. The molecule has 0 heterocycles. The van der Waals surface area contributed by atoms with Crippen LogP contribution in [-0.2, 0) is 0 Å². The average Bonchev–Trinajstić information content (AvgIpc) is 1.64. The molecule has 0 aliphatic heterocycles. The lowest BCUT2D eigenvalue weighted by Gasteiger charge is -1.82. The zero-order valence-corrected chi connectivity index (χ0v) is 4.18. The second-order valence-corrected chi connectivity index (χ2v) is 1.04. The van der Waals surface area contributed by atoms with Crippen molar-refractivity contribution in [3.8, 4) is 0 Å². The molecule has 9 heavy (non-hydrogen) atoms. The second-order valence-electron chi connectivity index (χ2n) is 1.04. The van der Waals surface area contributed by atoms with Gasteiger partial charge in [0.15, 0.2) is 6.20 Å². The van der Waals surface area contributed by atoms with Crippen LogP contribution in [0.5, 0.6) is 0 Å². The van der Waals surface area contributed by atoms with Crippen LogP contribution < -0.4 is 5.73 Å². The Kier molecular flexibility index (Phi) is 2.12. The molecule has 0 aliphatic carbocycles. The number of hydrogen-bond acceptors (Lipinski definition) is 5. The summed E-state index contributed by atoms with van der Waals surface area (Å²) < 4.78 is 0. The molecule has 0 aromatic carbocycles. The van der Waals surface area contributed by atoms with Crippen LogP contribution in [0.2, 0.25) is 0 Å². The molecule has 0 aromatic rings. The third-order valence-electron chi connectivity index (χ3n) is 0.523. The molecule has 0 rings (SSSR count). The number of nitrogens with two attached hydrogens (primary N) is 1. The van der Waals surface area contributed by atoms with Gasteiger partial charge in [0.05, 0.1) is 0 Å². The first-order valence-electron chi connectivity index (χ1n) is 1.80. The van der Waals surface area contributed by atoms with Crippen molar-refractivity contribution in [1.82, 2.24) is 0 Å². The van der Waals surface area contributed by atoms with Gasteiger partial charge in [0.1, 0.15) is 9.85 Å². The van der Waals surface area contributed by atoms with Gasteiger partial charge < -0.3 is 5.73 Å². The molecule has 0 saturated heterocycles. The van der Waals surface area contributed by atoms with E-state index in [4.69, 9.17) is 0 Å². The fourth-order valence-electron chi connectivity index (χ4n) is 0.188.